The van der Waals surface area contributed by atoms with Crippen LogP contribution in [0.25, 0.3) is 0 Å². The lowest BCUT2D eigenvalue weighted by Gasteiger charge is -2.52. The Kier molecular flexibility index (Phi) is 2.61. The molecular weight excluding hydrogens is 248 g/mol. The van der Waals surface area contributed by atoms with Crippen LogP contribution in [0.2, 0.25) is 0 Å². The molecule has 0 spiro atoms. The van der Waals surface area contributed by atoms with E-state index in [9.17, 15) is 14.7 Å². The molecule has 3 aliphatic rings. The third-order valence-corrected chi connectivity index (χ3v) is 5.67. The maximum atomic E-state index is 12.5. The number of ether oxygens (including phenoxy) is 2. The first-order valence-electron chi connectivity index (χ1n) is 6.81. The topological polar surface area (TPSA) is 72.8 Å². The van der Waals surface area contributed by atoms with Crippen LogP contribution in [-0.2, 0) is 19.1 Å². The molecule has 1 heterocycles. The minimum Gasteiger partial charge on any atom is -0.459 e. The highest BCUT2D eigenvalue weighted by Gasteiger charge is 2.71. The van der Waals surface area contributed by atoms with E-state index in [4.69, 9.17) is 9.47 Å². The van der Waals surface area contributed by atoms with Gasteiger partial charge in [-0.15, -0.1) is 0 Å². The van der Waals surface area contributed by atoms with Crippen molar-refractivity contribution >= 4 is 11.8 Å². The van der Waals surface area contributed by atoms with Crippen molar-refractivity contribution in [3.8, 4) is 0 Å². The lowest BCUT2D eigenvalue weighted by atomic mass is 9.49. The van der Waals surface area contributed by atoms with Gasteiger partial charge in [-0.25, -0.2) is 0 Å². The smallest absolute Gasteiger partial charge is 0.315 e. The molecule has 1 saturated heterocycles. The van der Waals surface area contributed by atoms with Gasteiger partial charge in [0.05, 0.1) is 11.5 Å². The molecule has 5 nitrogen and oxygen atoms in total. The largest absolute Gasteiger partial charge is 0.459 e. The van der Waals surface area contributed by atoms with Crippen molar-refractivity contribution in [2.75, 3.05) is 7.11 Å². The summed E-state index contributed by atoms with van der Waals surface area (Å²) in [5, 5.41) is 10.3. The zero-order valence-electron chi connectivity index (χ0n) is 11.5. The summed E-state index contributed by atoms with van der Waals surface area (Å²) in [5.74, 6) is -0.558. The molecule has 3 rings (SSSR count). The van der Waals surface area contributed by atoms with Gasteiger partial charge in [-0.2, -0.15) is 0 Å². The molecule has 0 amide bonds. The summed E-state index contributed by atoms with van der Waals surface area (Å²) < 4.78 is 10.8. The number of aliphatic hydroxyl groups is 1. The molecule has 5 heteroatoms. The quantitative estimate of drug-likeness (QED) is 0.708. The molecule has 1 N–H and O–H groups in total. The monoisotopic (exact) mass is 268 g/mol. The number of methoxy groups -OCH3 is 1. The molecule has 0 aromatic rings. The summed E-state index contributed by atoms with van der Waals surface area (Å²) >= 11 is 0. The van der Waals surface area contributed by atoms with Gasteiger partial charge in [0.1, 0.15) is 18.0 Å². The number of rotatable bonds is 1. The van der Waals surface area contributed by atoms with Gasteiger partial charge in [0.2, 0.25) is 0 Å². The predicted molar refractivity (Wildman–Crippen MR) is 65.2 cm³/mol. The van der Waals surface area contributed by atoms with E-state index in [1.54, 1.807) is 6.92 Å². The van der Waals surface area contributed by atoms with Gasteiger partial charge >= 0.3 is 5.97 Å². The SMILES string of the molecule is CO[C@@H]1CC(=O)[C@@]2(C)CC[C@H](O)[C@]3(C)C(=O)O[C@H]1[C@@H]32. The number of ketones is 1. The van der Waals surface area contributed by atoms with Crippen LogP contribution in [-0.4, -0.2) is 42.3 Å². The highest BCUT2D eigenvalue weighted by atomic mass is 16.6. The van der Waals surface area contributed by atoms with Crippen LogP contribution in [0, 0.1) is 16.7 Å². The Morgan fingerprint density at radius 3 is 2.68 bits per heavy atom. The molecule has 1 aliphatic heterocycles. The van der Waals surface area contributed by atoms with Crippen molar-refractivity contribution in [1.82, 2.24) is 0 Å². The van der Waals surface area contributed by atoms with Crippen LogP contribution >= 0.6 is 0 Å². The van der Waals surface area contributed by atoms with Crippen molar-refractivity contribution in [2.24, 2.45) is 16.7 Å². The third-order valence-electron chi connectivity index (χ3n) is 5.67. The summed E-state index contributed by atoms with van der Waals surface area (Å²) in [6.07, 6.45) is -0.188. The molecule has 0 radical (unpaired) electrons. The number of Topliss-reactive ketones (excluding diaryl/α,β-unsaturated/α-hetero) is 1. The predicted octanol–water partition coefficient (Wildman–Crippen LogP) is 0.683. The summed E-state index contributed by atoms with van der Waals surface area (Å²) in [5.41, 5.74) is -1.57. The fraction of sp³-hybridized carbons (Fsp3) is 0.857. The van der Waals surface area contributed by atoms with E-state index >= 15 is 0 Å². The van der Waals surface area contributed by atoms with Crippen molar-refractivity contribution < 1.29 is 24.2 Å². The van der Waals surface area contributed by atoms with Gasteiger partial charge in [0.25, 0.3) is 0 Å². The van der Waals surface area contributed by atoms with E-state index in [-0.39, 0.29) is 24.2 Å². The van der Waals surface area contributed by atoms with Gasteiger partial charge in [-0.3, -0.25) is 9.59 Å². The number of esters is 1. The highest BCUT2D eigenvalue weighted by molar-refractivity contribution is 5.91. The second kappa shape index (κ2) is 3.79. The minimum absolute atomic E-state index is 0.122. The zero-order chi connectivity index (χ0) is 14.0. The van der Waals surface area contributed by atoms with E-state index in [0.717, 1.165) is 0 Å². The number of carbonyl (C=O) groups excluding carboxylic acids is 2. The maximum Gasteiger partial charge on any atom is 0.315 e. The molecule has 2 saturated carbocycles. The average Bonchev–Trinajstić information content (AvgIpc) is 2.65. The van der Waals surface area contributed by atoms with Crippen LogP contribution in [0.1, 0.15) is 33.1 Å². The first-order chi connectivity index (χ1) is 8.85. The van der Waals surface area contributed by atoms with E-state index in [0.29, 0.717) is 12.8 Å². The molecule has 0 aromatic carbocycles. The maximum absolute atomic E-state index is 12.5. The molecule has 19 heavy (non-hydrogen) atoms. The first kappa shape index (κ1) is 13.1. The Balaban J connectivity index is 2.12. The number of hydrogen-bond donors (Lipinski definition) is 1. The Morgan fingerprint density at radius 2 is 2.05 bits per heavy atom. The molecule has 0 bridgehead atoms. The highest BCUT2D eigenvalue weighted by Crippen LogP contribution is 2.61. The summed E-state index contributed by atoms with van der Waals surface area (Å²) in [4.78, 5) is 24.7. The Morgan fingerprint density at radius 1 is 1.37 bits per heavy atom. The van der Waals surface area contributed by atoms with Gasteiger partial charge in [0, 0.05) is 24.9 Å². The Hall–Kier alpha value is -0.940. The van der Waals surface area contributed by atoms with Gasteiger partial charge in [-0.05, 0) is 19.8 Å². The van der Waals surface area contributed by atoms with E-state index in [1.807, 2.05) is 6.92 Å². The van der Waals surface area contributed by atoms with Crippen molar-refractivity contribution in [3.05, 3.63) is 0 Å². The fourth-order valence-corrected chi connectivity index (χ4v) is 4.40. The molecule has 6 atom stereocenters. The van der Waals surface area contributed by atoms with Crippen molar-refractivity contribution in [1.29, 1.82) is 0 Å². The lowest BCUT2D eigenvalue weighted by Crippen LogP contribution is -2.61. The van der Waals surface area contributed by atoms with Crippen LogP contribution in [0.5, 0.6) is 0 Å². The summed E-state index contributed by atoms with van der Waals surface area (Å²) in [7, 11) is 1.53. The van der Waals surface area contributed by atoms with Gasteiger partial charge in [0.15, 0.2) is 0 Å². The molecule has 2 aliphatic carbocycles. The van der Waals surface area contributed by atoms with Crippen LogP contribution in [0.4, 0.5) is 0 Å². The van der Waals surface area contributed by atoms with Crippen LogP contribution in [0.15, 0.2) is 0 Å². The second-order valence-corrected chi connectivity index (χ2v) is 6.50. The van der Waals surface area contributed by atoms with E-state index in [1.165, 1.54) is 7.11 Å². The second-order valence-electron chi connectivity index (χ2n) is 6.50. The normalized spacial score (nSPS) is 52.8. The Bertz CT molecular complexity index is 445. The van der Waals surface area contributed by atoms with E-state index < -0.39 is 29.0 Å². The minimum atomic E-state index is -0.982. The summed E-state index contributed by atoms with van der Waals surface area (Å²) in [6.45, 7) is 3.64. The van der Waals surface area contributed by atoms with Crippen LogP contribution < -0.4 is 0 Å². The number of carbonyl (C=O) groups is 2. The Labute approximate surface area is 112 Å². The van der Waals surface area contributed by atoms with Gasteiger partial charge in [-0.1, -0.05) is 6.92 Å². The lowest BCUT2D eigenvalue weighted by molar-refractivity contribution is -0.167. The standard InChI is InChI=1S/C14H20O5/c1-13-5-4-8(15)14(2)11(13)10(19-12(14)17)7(18-3)6-9(13)16/h7-8,10-11,15H,4-6H2,1-3H3/t7-,8+,10-,11-,13-,14+/m1/s1. The van der Waals surface area contributed by atoms with Crippen LogP contribution in [0.3, 0.4) is 0 Å². The van der Waals surface area contributed by atoms with Crippen molar-refractivity contribution in [2.45, 2.75) is 51.4 Å². The molecular formula is C14H20O5. The number of hydrogen-bond acceptors (Lipinski definition) is 5. The first-order valence-corrected chi connectivity index (χ1v) is 6.81. The number of aliphatic hydroxyl groups excluding tert-OH is 1. The zero-order valence-corrected chi connectivity index (χ0v) is 11.5. The molecule has 0 aromatic heterocycles. The average molecular weight is 268 g/mol. The molecule has 3 fully saturated rings. The van der Waals surface area contributed by atoms with Gasteiger partial charge < -0.3 is 14.6 Å². The molecule has 106 valence electrons. The van der Waals surface area contributed by atoms with Crippen molar-refractivity contribution in [3.63, 3.8) is 0 Å². The fourth-order valence-electron chi connectivity index (χ4n) is 4.40. The third kappa shape index (κ3) is 1.37. The van der Waals surface area contributed by atoms with E-state index in [2.05, 4.69) is 0 Å². The molecule has 0 unspecified atom stereocenters. The summed E-state index contributed by atoms with van der Waals surface area (Å²) in [6, 6.07) is 0.